The Kier molecular flexibility index (Phi) is 4.55. The average molecular weight is 348 g/mol. The van der Waals surface area contributed by atoms with Crippen molar-refractivity contribution in [2.45, 2.75) is 12.5 Å². The maximum absolute atomic E-state index is 13.3. The van der Waals surface area contributed by atoms with Gasteiger partial charge in [-0.15, -0.1) is 0 Å². The van der Waals surface area contributed by atoms with Crippen LogP contribution in [0.25, 0.3) is 0 Å². The molecular formula is C14H10BrClF2O. The van der Waals surface area contributed by atoms with Gasteiger partial charge in [0.15, 0.2) is 0 Å². The second-order valence-corrected chi connectivity index (χ2v) is 5.40. The predicted molar refractivity (Wildman–Crippen MR) is 74.2 cm³/mol. The summed E-state index contributed by atoms with van der Waals surface area (Å²) in [7, 11) is 0. The van der Waals surface area contributed by atoms with E-state index in [9.17, 15) is 13.9 Å². The Labute approximate surface area is 123 Å². The fourth-order valence-corrected chi connectivity index (χ4v) is 2.50. The van der Waals surface area contributed by atoms with E-state index >= 15 is 0 Å². The van der Waals surface area contributed by atoms with Gasteiger partial charge in [-0.25, -0.2) is 8.78 Å². The Hall–Kier alpha value is -0.970. The van der Waals surface area contributed by atoms with Gasteiger partial charge in [0.2, 0.25) is 0 Å². The van der Waals surface area contributed by atoms with Gasteiger partial charge in [-0.1, -0.05) is 39.7 Å². The first-order chi connectivity index (χ1) is 8.97. The predicted octanol–water partition coefficient (Wildman–Crippen LogP) is 4.66. The van der Waals surface area contributed by atoms with Crippen LogP contribution >= 0.6 is 27.5 Å². The number of hydrogen-bond acceptors (Lipinski definition) is 1. The molecule has 0 heterocycles. The molecule has 0 saturated heterocycles. The second-order valence-electron chi connectivity index (χ2n) is 4.13. The highest BCUT2D eigenvalue weighted by atomic mass is 79.9. The molecule has 0 aliphatic carbocycles. The lowest BCUT2D eigenvalue weighted by Gasteiger charge is -2.13. The van der Waals surface area contributed by atoms with Crippen LogP contribution in [0.4, 0.5) is 8.78 Å². The van der Waals surface area contributed by atoms with Crippen LogP contribution in [0.2, 0.25) is 5.02 Å². The highest BCUT2D eigenvalue weighted by Gasteiger charge is 2.13. The summed E-state index contributed by atoms with van der Waals surface area (Å²) in [4.78, 5) is 0. The molecule has 0 fully saturated rings. The minimum Gasteiger partial charge on any atom is -0.388 e. The number of aliphatic hydroxyl groups excluding tert-OH is 1. The molecule has 0 spiro atoms. The molecule has 2 rings (SSSR count). The molecule has 1 N–H and O–H groups in total. The Balaban J connectivity index is 2.20. The number of hydrogen-bond donors (Lipinski definition) is 1. The third-order valence-corrected chi connectivity index (χ3v) is 3.73. The lowest BCUT2D eigenvalue weighted by molar-refractivity contribution is 0.177. The molecule has 0 aliphatic heterocycles. The van der Waals surface area contributed by atoms with E-state index in [1.807, 2.05) is 0 Å². The largest absolute Gasteiger partial charge is 0.388 e. The third kappa shape index (κ3) is 3.53. The fourth-order valence-electron chi connectivity index (χ4n) is 1.77. The fraction of sp³-hybridized carbons (Fsp3) is 0.143. The van der Waals surface area contributed by atoms with Gasteiger partial charge in [-0.05, 0) is 35.4 Å². The van der Waals surface area contributed by atoms with E-state index in [0.717, 1.165) is 0 Å². The number of rotatable bonds is 3. The quantitative estimate of drug-likeness (QED) is 0.856. The lowest BCUT2D eigenvalue weighted by Crippen LogP contribution is -2.03. The molecule has 100 valence electrons. The normalized spacial score (nSPS) is 12.5. The van der Waals surface area contributed by atoms with Gasteiger partial charge < -0.3 is 5.11 Å². The third-order valence-electron chi connectivity index (χ3n) is 2.73. The Morgan fingerprint density at radius 3 is 2.53 bits per heavy atom. The average Bonchev–Trinajstić information content (AvgIpc) is 2.33. The summed E-state index contributed by atoms with van der Waals surface area (Å²) in [5.41, 5.74) is 1.17. The smallest absolute Gasteiger partial charge is 0.142 e. The molecule has 19 heavy (non-hydrogen) atoms. The van der Waals surface area contributed by atoms with E-state index < -0.39 is 11.9 Å². The number of halogens is 4. The van der Waals surface area contributed by atoms with Crippen LogP contribution in [0.15, 0.2) is 40.9 Å². The molecule has 5 heteroatoms. The molecule has 0 bridgehead atoms. The highest BCUT2D eigenvalue weighted by Crippen LogP contribution is 2.27. The zero-order valence-electron chi connectivity index (χ0n) is 9.71. The van der Waals surface area contributed by atoms with Gasteiger partial charge in [0.1, 0.15) is 11.6 Å². The summed E-state index contributed by atoms with van der Waals surface area (Å²) in [5, 5.41) is 10.1. The minimum absolute atomic E-state index is 0.0428. The van der Waals surface area contributed by atoms with Crippen LogP contribution in [0, 0.1) is 11.6 Å². The van der Waals surface area contributed by atoms with E-state index in [-0.39, 0.29) is 17.3 Å². The molecule has 1 atom stereocenters. The summed E-state index contributed by atoms with van der Waals surface area (Å²) in [5.74, 6) is -0.912. The van der Waals surface area contributed by atoms with Gasteiger partial charge in [0.25, 0.3) is 0 Å². The van der Waals surface area contributed by atoms with Crippen LogP contribution < -0.4 is 0 Å². The molecule has 0 radical (unpaired) electrons. The van der Waals surface area contributed by atoms with Gasteiger partial charge in [-0.2, -0.15) is 0 Å². The van der Waals surface area contributed by atoms with Crippen LogP contribution in [0.3, 0.4) is 0 Å². The van der Waals surface area contributed by atoms with Crippen LogP contribution in [0.1, 0.15) is 17.2 Å². The highest BCUT2D eigenvalue weighted by molar-refractivity contribution is 9.10. The Morgan fingerprint density at radius 1 is 1.16 bits per heavy atom. The van der Waals surface area contributed by atoms with Gasteiger partial charge in [0.05, 0.1) is 11.1 Å². The minimum atomic E-state index is -0.851. The van der Waals surface area contributed by atoms with Crippen LogP contribution in [-0.2, 0) is 6.42 Å². The second kappa shape index (κ2) is 5.99. The summed E-state index contributed by atoms with van der Waals surface area (Å²) < 4.78 is 26.7. The molecule has 0 saturated carbocycles. The summed E-state index contributed by atoms with van der Waals surface area (Å²) in [6.07, 6.45) is -0.631. The molecule has 1 unspecified atom stereocenters. The van der Waals surface area contributed by atoms with E-state index in [0.29, 0.717) is 15.6 Å². The first-order valence-corrected chi connectivity index (χ1v) is 6.71. The Bertz CT molecular complexity index is 604. The number of aliphatic hydroxyl groups is 1. The van der Waals surface area contributed by atoms with Crippen molar-refractivity contribution in [2.75, 3.05) is 0 Å². The molecule has 2 aromatic rings. The van der Waals surface area contributed by atoms with E-state index in [1.54, 1.807) is 6.07 Å². The standard InChI is InChI=1S/C14H10BrClF2O/c15-11-7-9(17)2-3-10(11)14(19)6-8-1-4-12(16)13(18)5-8/h1-5,7,14,19H,6H2. The first kappa shape index (κ1) is 14.4. The lowest BCUT2D eigenvalue weighted by atomic mass is 10.0. The molecule has 0 amide bonds. The summed E-state index contributed by atoms with van der Waals surface area (Å²) in [6.45, 7) is 0. The number of benzene rings is 2. The van der Waals surface area contributed by atoms with E-state index in [1.165, 1.54) is 30.3 Å². The van der Waals surface area contributed by atoms with Crippen molar-refractivity contribution in [2.24, 2.45) is 0 Å². The van der Waals surface area contributed by atoms with Gasteiger partial charge in [-0.3, -0.25) is 0 Å². The van der Waals surface area contributed by atoms with Crippen LogP contribution in [-0.4, -0.2) is 5.11 Å². The molecule has 1 nitrogen and oxygen atoms in total. The maximum Gasteiger partial charge on any atom is 0.142 e. The molecule has 0 aromatic heterocycles. The zero-order valence-corrected chi connectivity index (χ0v) is 12.0. The maximum atomic E-state index is 13.3. The van der Waals surface area contributed by atoms with Crippen molar-refractivity contribution in [3.8, 4) is 0 Å². The van der Waals surface area contributed by atoms with Crippen molar-refractivity contribution in [3.05, 3.63) is 68.7 Å². The topological polar surface area (TPSA) is 20.2 Å². The van der Waals surface area contributed by atoms with Crippen molar-refractivity contribution in [1.29, 1.82) is 0 Å². The van der Waals surface area contributed by atoms with E-state index in [4.69, 9.17) is 11.6 Å². The zero-order chi connectivity index (χ0) is 14.0. The SMILES string of the molecule is OC(Cc1ccc(Cl)c(F)c1)c1ccc(F)cc1Br. The van der Waals surface area contributed by atoms with E-state index in [2.05, 4.69) is 15.9 Å². The van der Waals surface area contributed by atoms with Crippen LogP contribution in [0.5, 0.6) is 0 Å². The summed E-state index contributed by atoms with van der Waals surface area (Å²) in [6, 6.07) is 8.41. The van der Waals surface area contributed by atoms with Crippen molar-refractivity contribution >= 4 is 27.5 Å². The molecule has 2 aromatic carbocycles. The molecular weight excluding hydrogens is 338 g/mol. The Morgan fingerprint density at radius 2 is 1.89 bits per heavy atom. The molecule has 0 aliphatic rings. The van der Waals surface area contributed by atoms with Crippen molar-refractivity contribution in [3.63, 3.8) is 0 Å². The first-order valence-electron chi connectivity index (χ1n) is 5.54. The van der Waals surface area contributed by atoms with Crippen molar-refractivity contribution in [1.82, 2.24) is 0 Å². The van der Waals surface area contributed by atoms with Gasteiger partial charge in [0, 0.05) is 10.9 Å². The monoisotopic (exact) mass is 346 g/mol. The van der Waals surface area contributed by atoms with Gasteiger partial charge >= 0.3 is 0 Å². The van der Waals surface area contributed by atoms with Crippen molar-refractivity contribution < 1.29 is 13.9 Å². The summed E-state index contributed by atoms with van der Waals surface area (Å²) >= 11 is 8.78.